The minimum absolute atomic E-state index is 0.0568. The molecule has 0 bridgehead atoms. The van der Waals surface area contributed by atoms with Gasteiger partial charge in [0.1, 0.15) is 5.75 Å². The van der Waals surface area contributed by atoms with Gasteiger partial charge in [0.2, 0.25) is 0 Å². The minimum Gasteiger partial charge on any atom is -0.506 e. The van der Waals surface area contributed by atoms with Gasteiger partial charge in [-0.2, -0.15) is 0 Å². The molecule has 0 atom stereocenters. The number of phenolic OH excluding ortho intramolecular Hbond substituents is 1. The highest BCUT2D eigenvalue weighted by Crippen LogP contribution is 2.30. The lowest BCUT2D eigenvalue weighted by Gasteiger charge is -2.17. The molecule has 2 aromatic rings. The molecule has 0 spiro atoms. The standard InChI is InChI=1S/C17H17NO2/c1-18(2)17-14(9-6-10-16(17)20)11-12-15(19)13-7-4-3-5-8-13/h3-12,20H,1-2H3. The molecule has 0 aromatic heterocycles. The van der Waals surface area contributed by atoms with E-state index in [1.807, 2.05) is 43.3 Å². The van der Waals surface area contributed by atoms with Gasteiger partial charge >= 0.3 is 0 Å². The van der Waals surface area contributed by atoms with E-state index in [0.29, 0.717) is 11.3 Å². The van der Waals surface area contributed by atoms with E-state index in [4.69, 9.17) is 0 Å². The van der Waals surface area contributed by atoms with Gasteiger partial charge in [0.25, 0.3) is 0 Å². The third-order valence-corrected chi connectivity index (χ3v) is 2.97. The summed E-state index contributed by atoms with van der Waals surface area (Å²) in [6, 6.07) is 14.4. The zero-order valence-corrected chi connectivity index (χ0v) is 11.6. The maximum atomic E-state index is 12.0. The van der Waals surface area contributed by atoms with Crippen molar-refractivity contribution < 1.29 is 9.90 Å². The van der Waals surface area contributed by atoms with Gasteiger partial charge in [-0.1, -0.05) is 42.5 Å². The maximum Gasteiger partial charge on any atom is 0.185 e. The summed E-state index contributed by atoms with van der Waals surface area (Å²) in [5.74, 6) is 0.142. The van der Waals surface area contributed by atoms with Crippen LogP contribution >= 0.6 is 0 Å². The Morgan fingerprint density at radius 1 is 1.05 bits per heavy atom. The molecular weight excluding hydrogens is 250 g/mol. The van der Waals surface area contributed by atoms with Crippen molar-refractivity contribution in [2.45, 2.75) is 0 Å². The van der Waals surface area contributed by atoms with Crippen molar-refractivity contribution in [1.82, 2.24) is 0 Å². The van der Waals surface area contributed by atoms with Crippen molar-refractivity contribution in [2.75, 3.05) is 19.0 Å². The first-order valence-corrected chi connectivity index (χ1v) is 6.36. The fourth-order valence-electron chi connectivity index (χ4n) is 2.03. The molecule has 3 nitrogen and oxygen atoms in total. The predicted octanol–water partition coefficient (Wildman–Crippen LogP) is 3.35. The number of rotatable bonds is 4. The molecule has 0 unspecified atom stereocenters. The first-order valence-electron chi connectivity index (χ1n) is 6.36. The number of aromatic hydroxyl groups is 1. The predicted molar refractivity (Wildman–Crippen MR) is 82.2 cm³/mol. The Labute approximate surface area is 118 Å². The molecule has 2 aromatic carbocycles. The molecular formula is C17H17NO2. The zero-order chi connectivity index (χ0) is 14.5. The number of benzene rings is 2. The average molecular weight is 267 g/mol. The average Bonchev–Trinajstić information content (AvgIpc) is 2.45. The molecule has 0 heterocycles. The third-order valence-electron chi connectivity index (χ3n) is 2.97. The second kappa shape index (κ2) is 6.06. The molecule has 102 valence electrons. The Bertz CT molecular complexity index is 631. The Morgan fingerprint density at radius 2 is 1.75 bits per heavy atom. The molecule has 0 aliphatic rings. The van der Waals surface area contributed by atoms with Gasteiger partial charge in [-0.15, -0.1) is 0 Å². The lowest BCUT2D eigenvalue weighted by molar-refractivity contribution is 0.104. The van der Waals surface area contributed by atoms with E-state index in [1.165, 1.54) is 6.08 Å². The Morgan fingerprint density at radius 3 is 2.40 bits per heavy atom. The summed E-state index contributed by atoms with van der Waals surface area (Å²) < 4.78 is 0. The van der Waals surface area contributed by atoms with Crippen molar-refractivity contribution in [1.29, 1.82) is 0 Å². The number of anilines is 1. The van der Waals surface area contributed by atoms with Crippen molar-refractivity contribution >= 4 is 17.5 Å². The van der Waals surface area contributed by atoms with Crippen LogP contribution in [0.25, 0.3) is 6.08 Å². The number of hydrogen-bond acceptors (Lipinski definition) is 3. The summed E-state index contributed by atoms with van der Waals surface area (Å²) in [6.07, 6.45) is 3.25. The number of carbonyl (C=O) groups is 1. The van der Waals surface area contributed by atoms with Gasteiger partial charge in [-0.25, -0.2) is 0 Å². The monoisotopic (exact) mass is 267 g/mol. The van der Waals surface area contributed by atoms with Gasteiger partial charge in [-0.3, -0.25) is 4.79 Å². The van der Waals surface area contributed by atoms with Crippen molar-refractivity contribution in [3.05, 3.63) is 65.7 Å². The molecule has 0 radical (unpaired) electrons. The smallest absolute Gasteiger partial charge is 0.185 e. The third kappa shape index (κ3) is 3.06. The van der Waals surface area contributed by atoms with Crippen LogP contribution in [-0.4, -0.2) is 25.0 Å². The van der Waals surface area contributed by atoms with Crippen LogP contribution in [0.15, 0.2) is 54.6 Å². The molecule has 1 N–H and O–H groups in total. The molecule has 0 saturated heterocycles. The Balaban J connectivity index is 2.29. The lowest BCUT2D eigenvalue weighted by Crippen LogP contribution is -2.10. The lowest BCUT2D eigenvalue weighted by atomic mass is 10.1. The van der Waals surface area contributed by atoms with E-state index >= 15 is 0 Å². The first-order chi connectivity index (χ1) is 9.59. The highest BCUT2D eigenvalue weighted by Gasteiger charge is 2.08. The number of hydrogen-bond donors (Lipinski definition) is 1. The summed E-state index contributed by atoms with van der Waals surface area (Å²) in [5, 5.41) is 9.88. The van der Waals surface area contributed by atoms with E-state index in [-0.39, 0.29) is 11.5 Å². The largest absolute Gasteiger partial charge is 0.506 e. The molecule has 0 aliphatic heterocycles. The molecule has 0 fully saturated rings. The van der Waals surface area contributed by atoms with Crippen LogP contribution in [0.5, 0.6) is 5.75 Å². The maximum absolute atomic E-state index is 12.0. The van der Waals surface area contributed by atoms with E-state index < -0.39 is 0 Å². The van der Waals surface area contributed by atoms with Gasteiger partial charge < -0.3 is 10.0 Å². The molecule has 0 saturated carbocycles. The molecule has 2 rings (SSSR count). The topological polar surface area (TPSA) is 40.5 Å². The molecule has 0 aliphatic carbocycles. The summed E-state index contributed by atoms with van der Waals surface area (Å²) in [5.41, 5.74) is 2.15. The summed E-state index contributed by atoms with van der Waals surface area (Å²) in [7, 11) is 3.71. The fraction of sp³-hybridized carbons (Fsp3) is 0.118. The van der Waals surface area contributed by atoms with Gasteiger partial charge in [-0.05, 0) is 18.2 Å². The fourth-order valence-corrected chi connectivity index (χ4v) is 2.03. The number of allylic oxidation sites excluding steroid dienone is 1. The number of phenols is 1. The van der Waals surface area contributed by atoms with Gasteiger partial charge in [0, 0.05) is 25.2 Å². The van der Waals surface area contributed by atoms with E-state index in [2.05, 4.69) is 0 Å². The first kappa shape index (κ1) is 13.9. The van der Waals surface area contributed by atoms with Crippen molar-refractivity contribution in [2.24, 2.45) is 0 Å². The SMILES string of the molecule is CN(C)c1c(O)cccc1C=CC(=O)c1ccccc1. The summed E-state index contributed by atoms with van der Waals surface area (Å²) in [6.45, 7) is 0. The zero-order valence-electron chi connectivity index (χ0n) is 11.6. The van der Waals surface area contributed by atoms with Crippen LogP contribution < -0.4 is 4.90 Å². The Hall–Kier alpha value is -2.55. The Kier molecular flexibility index (Phi) is 4.20. The van der Waals surface area contributed by atoms with Crippen LogP contribution in [0.2, 0.25) is 0 Å². The normalized spacial score (nSPS) is 10.7. The van der Waals surface area contributed by atoms with E-state index in [0.717, 1.165) is 5.56 Å². The van der Waals surface area contributed by atoms with Gasteiger partial charge in [0.15, 0.2) is 5.78 Å². The van der Waals surface area contributed by atoms with Crippen molar-refractivity contribution in [3.8, 4) is 5.75 Å². The van der Waals surface area contributed by atoms with Crippen LogP contribution in [-0.2, 0) is 0 Å². The second-order valence-corrected chi connectivity index (χ2v) is 4.67. The second-order valence-electron chi connectivity index (χ2n) is 4.67. The van der Waals surface area contributed by atoms with Crippen LogP contribution in [0.3, 0.4) is 0 Å². The number of para-hydroxylation sites is 1. The summed E-state index contributed by atoms with van der Waals surface area (Å²) in [4.78, 5) is 13.8. The van der Waals surface area contributed by atoms with Crippen molar-refractivity contribution in [3.63, 3.8) is 0 Å². The van der Waals surface area contributed by atoms with Crippen LogP contribution in [0, 0.1) is 0 Å². The van der Waals surface area contributed by atoms with E-state index in [9.17, 15) is 9.90 Å². The molecule has 3 heteroatoms. The number of carbonyl (C=O) groups excluding carboxylic acids is 1. The van der Waals surface area contributed by atoms with Gasteiger partial charge in [0.05, 0.1) is 5.69 Å². The highest BCUT2D eigenvalue weighted by atomic mass is 16.3. The quantitative estimate of drug-likeness (QED) is 0.682. The molecule has 20 heavy (non-hydrogen) atoms. The van der Waals surface area contributed by atoms with Crippen LogP contribution in [0.1, 0.15) is 15.9 Å². The number of nitrogens with zero attached hydrogens (tertiary/aromatic N) is 1. The summed E-state index contributed by atoms with van der Waals surface area (Å²) >= 11 is 0. The van der Waals surface area contributed by atoms with E-state index in [1.54, 1.807) is 30.3 Å². The minimum atomic E-state index is -0.0568. The molecule has 0 amide bonds. The van der Waals surface area contributed by atoms with Crippen LogP contribution in [0.4, 0.5) is 5.69 Å². The highest BCUT2D eigenvalue weighted by molar-refractivity contribution is 6.07. The number of ketones is 1.